The number of nitrogens with one attached hydrogen (secondary N) is 1. The van der Waals surface area contributed by atoms with Crippen molar-refractivity contribution < 1.29 is 9.63 Å². The zero-order chi connectivity index (χ0) is 16.8. The predicted octanol–water partition coefficient (Wildman–Crippen LogP) is 2.03. The first kappa shape index (κ1) is 15.9. The van der Waals surface area contributed by atoms with Gasteiger partial charge in [-0.15, -0.1) is 0 Å². The topological polar surface area (TPSA) is 73.2 Å². The lowest BCUT2D eigenvalue weighted by molar-refractivity contribution is -0.134. The number of amides is 1. The van der Waals surface area contributed by atoms with Gasteiger partial charge in [0.25, 0.3) is 0 Å². The Morgan fingerprint density at radius 3 is 2.67 bits per heavy atom. The van der Waals surface area contributed by atoms with Crippen molar-refractivity contribution in [2.24, 2.45) is 0 Å². The third kappa shape index (κ3) is 3.85. The van der Waals surface area contributed by atoms with Crippen molar-refractivity contribution in [2.45, 2.75) is 19.6 Å². The van der Waals surface area contributed by atoms with Gasteiger partial charge in [0, 0.05) is 11.8 Å². The van der Waals surface area contributed by atoms with Crippen molar-refractivity contribution in [3.05, 3.63) is 76.6 Å². The van der Waals surface area contributed by atoms with Gasteiger partial charge in [-0.1, -0.05) is 42.5 Å². The summed E-state index contributed by atoms with van der Waals surface area (Å²) in [5.41, 5.74) is 3.98. The monoisotopic (exact) mass is 323 g/mol. The number of para-hydroxylation sites is 1. The predicted molar refractivity (Wildman–Crippen MR) is 90.0 cm³/mol. The van der Waals surface area contributed by atoms with E-state index in [1.165, 1.54) is 6.20 Å². The maximum Gasteiger partial charge on any atom is 0.245 e. The van der Waals surface area contributed by atoms with Crippen molar-refractivity contribution in [3.8, 4) is 0 Å². The maximum absolute atomic E-state index is 11.9. The molecule has 1 amide bonds. The summed E-state index contributed by atoms with van der Waals surface area (Å²) in [7, 11) is 0. The molecule has 0 bridgehead atoms. The number of hydrogen-bond donors (Lipinski definition) is 1. The molecule has 0 unspecified atom stereocenters. The minimum atomic E-state index is -0.240. The second-order valence-corrected chi connectivity index (χ2v) is 5.30. The van der Waals surface area contributed by atoms with E-state index in [0.717, 1.165) is 5.56 Å². The molecule has 0 saturated heterocycles. The molecule has 0 radical (unpaired) electrons. The number of benzene rings is 2. The first-order chi connectivity index (χ1) is 11.7. The second-order valence-electron chi connectivity index (χ2n) is 5.30. The molecule has 0 aliphatic rings. The third-order valence-electron chi connectivity index (χ3n) is 3.58. The van der Waals surface area contributed by atoms with E-state index in [-0.39, 0.29) is 17.8 Å². The van der Waals surface area contributed by atoms with E-state index in [9.17, 15) is 9.59 Å². The minimum absolute atomic E-state index is 0.127. The summed E-state index contributed by atoms with van der Waals surface area (Å²) in [6.07, 6.45) is 1.47. The molecule has 0 fully saturated rings. The Kier molecular flexibility index (Phi) is 4.98. The molecule has 122 valence electrons. The van der Waals surface area contributed by atoms with Gasteiger partial charge in [-0.05, 0) is 17.7 Å². The number of aryl methyl sites for hydroxylation is 1. The minimum Gasteiger partial charge on any atom is -0.287 e. The quantitative estimate of drug-likeness (QED) is 0.705. The van der Waals surface area contributed by atoms with Gasteiger partial charge in [-0.2, -0.15) is 5.10 Å². The Balaban J connectivity index is 1.55. The van der Waals surface area contributed by atoms with Crippen LogP contribution in [0.25, 0.3) is 10.9 Å². The lowest BCUT2D eigenvalue weighted by atomic mass is 10.2. The zero-order valence-electron chi connectivity index (χ0n) is 13.0. The van der Waals surface area contributed by atoms with Crippen LogP contribution < -0.4 is 10.9 Å². The van der Waals surface area contributed by atoms with Gasteiger partial charge in [-0.25, -0.2) is 5.48 Å². The molecule has 3 rings (SSSR count). The number of carbonyl (C=O) groups is 1. The number of nitrogens with zero attached hydrogens (tertiary/aromatic N) is 2. The largest absolute Gasteiger partial charge is 0.287 e. The third-order valence-corrected chi connectivity index (χ3v) is 3.58. The van der Waals surface area contributed by atoms with E-state index >= 15 is 0 Å². The van der Waals surface area contributed by atoms with Crippen molar-refractivity contribution in [2.75, 3.05) is 0 Å². The smallest absolute Gasteiger partial charge is 0.245 e. The van der Waals surface area contributed by atoms with Gasteiger partial charge in [0.1, 0.15) is 0 Å². The normalized spacial score (nSPS) is 10.7. The molecular formula is C18H17N3O3. The van der Waals surface area contributed by atoms with Crippen LogP contribution in [0.3, 0.4) is 0 Å². The van der Waals surface area contributed by atoms with Crippen molar-refractivity contribution in [1.29, 1.82) is 0 Å². The van der Waals surface area contributed by atoms with Gasteiger partial charge in [0.05, 0.1) is 24.9 Å². The first-order valence-electron chi connectivity index (χ1n) is 7.63. The summed E-state index contributed by atoms with van der Waals surface area (Å²) < 4.78 is 1.65. The number of rotatable bonds is 6. The van der Waals surface area contributed by atoms with Gasteiger partial charge in [0.2, 0.25) is 11.3 Å². The average molecular weight is 323 g/mol. The summed E-state index contributed by atoms with van der Waals surface area (Å²) in [6.45, 7) is 0.674. The molecule has 3 aromatic rings. The first-order valence-corrected chi connectivity index (χ1v) is 7.63. The fourth-order valence-electron chi connectivity index (χ4n) is 2.37. The molecule has 0 aliphatic heterocycles. The molecule has 0 saturated carbocycles. The van der Waals surface area contributed by atoms with Crippen LogP contribution in [0.4, 0.5) is 0 Å². The average Bonchev–Trinajstić information content (AvgIpc) is 2.62. The standard InChI is InChI=1S/C18H17N3O3/c22-17-12-19-21(16-9-5-4-8-15(16)17)11-10-18(23)20-24-13-14-6-2-1-3-7-14/h1-9,12H,10-11,13H2,(H,20,23). The van der Waals surface area contributed by atoms with Crippen molar-refractivity contribution in [1.82, 2.24) is 15.3 Å². The lowest BCUT2D eigenvalue weighted by Crippen LogP contribution is -2.25. The number of hydrogen-bond acceptors (Lipinski definition) is 4. The zero-order valence-corrected chi connectivity index (χ0v) is 13.0. The highest BCUT2D eigenvalue weighted by Crippen LogP contribution is 2.08. The van der Waals surface area contributed by atoms with Crippen molar-refractivity contribution in [3.63, 3.8) is 0 Å². The van der Waals surface area contributed by atoms with E-state index < -0.39 is 0 Å². The van der Waals surface area contributed by atoms with Crippen LogP contribution in [-0.4, -0.2) is 15.7 Å². The molecule has 2 aromatic carbocycles. The van der Waals surface area contributed by atoms with Gasteiger partial charge < -0.3 is 0 Å². The van der Waals surface area contributed by atoms with Crippen LogP contribution in [-0.2, 0) is 22.8 Å². The Morgan fingerprint density at radius 1 is 1.08 bits per heavy atom. The van der Waals surface area contributed by atoms with Crippen LogP contribution >= 0.6 is 0 Å². The van der Waals surface area contributed by atoms with Crippen LogP contribution in [0.5, 0.6) is 0 Å². The SMILES string of the molecule is O=C(CCn1ncc(=O)c2ccccc21)NOCc1ccccc1. The highest BCUT2D eigenvalue weighted by molar-refractivity contribution is 5.78. The van der Waals surface area contributed by atoms with Crippen LogP contribution in [0, 0.1) is 0 Å². The van der Waals surface area contributed by atoms with Gasteiger partial charge in [0.15, 0.2) is 0 Å². The Labute approximate surface area is 138 Å². The Morgan fingerprint density at radius 2 is 1.83 bits per heavy atom. The van der Waals surface area contributed by atoms with Crippen LogP contribution in [0.1, 0.15) is 12.0 Å². The van der Waals surface area contributed by atoms with E-state index in [2.05, 4.69) is 10.6 Å². The molecular weight excluding hydrogens is 306 g/mol. The van der Waals surface area contributed by atoms with Crippen molar-refractivity contribution >= 4 is 16.8 Å². The van der Waals surface area contributed by atoms with E-state index in [4.69, 9.17) is 4.84 Å². The fraction of sp³-hybridized carbons (Fsp3) is 0.167. The molecule has 0 atom stereocenters. The van der Waals surface area contributed by atoms with Gasteiger partial charge >= 0.3 is 0 Å². The lowest BCUT2D eigenvalue weighted by Gasteiger charge is -2.09. The van der Waals surface area contributed by atoms with E-state index in [0.29, 0.717) is 24.1 Å². The van der Waals surface area contributed by atoms with Crippen LogP contribution in [0.2, 0.25) is 0 Å². The molecule has 1 N–H and O–H groups in total. The summed E-state index contributed by atoms with van der Waals surface area (Å²) in [5.74, 6) is -0.240. The molecule has 6 nitrogen and oxygen atoms in total. The Hall–Kier alpha value is -2.99. The number of fused-ring (bicyclic) bond motifs is 1. The summed E-state index contributed by atoms with van der Waals surface area (Å²) in [6, 6.07) is 16.8. The molecule has 1 aromatic heterocycles. The number of aromatic nitrogens is 2. The van der Waals surface area contributed by atoms with E-state index in [1.54, 1.807) is 16.8 Å². The maximum atomic E-state index is 11.9. The van der Waals surface area contributed by atoms with Crippen LogP contribution in [0.15, 0.2) is 65.6 Å². The summed E-state index contributed by atoms with van der Waals surface area (Å²) in [4.78, 5) is 28.8. The molecule has 24 heavy (non-hydrogen) atoms. The fourth-order valence-corrected chi connectivity index (χ4v) is 2.37. The number of hydroxylamine groups is 1. The Bertz CT molecular complexity index is 891. The summed E-state index contributed by atoms with van der Waals surface area (Å²) in [5, 5.41) is 4.68. The highest BCUT2D eigenvalue weighted by atomic mass is 16.6. The molecule has 6 heteroatoms. The van der Waals surface area contributed by atoms with Gasteiger partial charge in [-0.3, -0.25) is 19.1 Å². The second kappa shape index (κ2) is 7.52. The summed E-state index contributed by atoms with van der Waals surface area (Å²) >= 11 is 0. The highest BCUT2D eigenvalue weighted by Gasteiger charge is 2.06. The number of carbonyl (C=O) groups excluding carboxylic acids is 1. The molecule has 0 spiro atoms. The molecule has 0 aliphatic carbocycles. The van der Waals surface area contributed by atoms with E-state index in [1.807, 2.05) is 42.5 Å². The molecule has 1 heterocycles.